The lowest BCUT2D eigenvalue weighted by Gasteiger charge is -2.36. The predicted molar refractivity (Wildman–Crippen MR) is 112 cm³/mol. The molecule has 0 spiro atoms. The molecule has 2 aromatic carbocycles. The van der Waals surface area contributed by atoms with Crippen molar-refractivity contribution in [3.05, 3.63) is 77.0 Å². The zero-order chi connectivity index (χ0) is 18.8. The predicted octanol–water partition coefficient (Wildman–Crippen LogP) is 5.21. The number of para-hydroxylation sites is 1. The van der Waals surface area contributed by atoms with Gasteiger partial charge in [0.1, 0.15) is 5.82 Å². The molecule has 4 nitrogen and oxygen atoms in total. The SMILES string of the molecule is CCc1cc(N2CCc3ccccc3C2C)nc(Nc2ccccc2C)n1. The van der Waals surface area contributed by atoms with Gasteiger partial charge in [-0.15, -0.1) is 0 Å². The van der Waals surface area contributed by atoms with Gasteiger partial charge >= 0.3 is 0 Å². The molecular weight excluding hydrogens is 332 g/mol. The van der Waals surface area contributed by atoms with Gasteiger partial charge in [0, 0.05) is 24.0 Å². The Bertz CT molecular complexity index is 951. The third kappa shape index (κ3) is 3.52. The van der Waals surface area contributed by atoms with Gasteiger partial charge in [-0.25, -0.2) is 4.98 Å². The number of fused-ring (bicyclic) bond motifs is 1. The third-order valence-corrected chi connectivity index (χ3v) is 5.41. The molecule has 1 aliphatic rings. The van der Waals surface area contributed by atoms with Gasteiger partial charge < -0.3 is 10.2 Å². The second-order valence-electron chi connectivity index (χ2n) is 7.15. The van der Waals surface area contributed by atoms with Gasteiger partial charge in [0.2, 0.25) is 5.95 Å². The molecule has 27 heavy (non-hydrogen) atoms. The van der Waals surface area contributed by atoms with E-state index in [1.807, 2.05) is 12.1 Å². The van der Waals surface area contributed by atoms with Crippen LogP contribution in [0, 0.1) is 6.92 Å². The first-order valence-corrected chi connectivity index (χ1v) is 9.70. The van der Waals surface area contributed by atoms with Crippen LogP contribution in [0.15, 0.2) is 54.6 Å². The van der Waals surface area contributed by atoms with Gasteiger partial charge in [0.25, 0.3) is 0 Å². The summed E-state index contributed by atoms with van der Waals surface area (Å²) in [5, 5.41) is 3.41. The number of aryl methyl sites for hydroxylation is 2. The summed E-state index contributed by atoms with van der Waals surface area (Å²) in [4.78, 5) is 12.0. The fourth-order valence-electron chi connectivity index (χ4n) is 3.79. The Morgan fingerprint density at radius 1 is 1.07 bits per heavy atom. The van der Waals surface area contributed by atoms with Crippen molar-refractivity contribution in [2.24, 2.45) is 0 Å². The molecule has 0 radical (unpaired) electrons. The maximum absolute atomic E-state index is 4.87. The lowest BCUT2D eigenvalue weighted by atomic mass is 9.93. The summed E-state index contributed by atoms with van der Waals surface area (Å²) < 4.78 is 0. The lowest BCUT2D eigenvalue weighted by molar-refractivity contribution is 0.616. The minimum atomic E-state index is 0.306. The van der Waals surface area contributed by atoms with Gasteiger partial charge in [-0.2, -0.15) is 4.98 Å². The Labute approximate surface area is 161 Å². The first kappa shape index (κ1) is 17.5. The van der Waals surface area contributed by atoms with E-state index in [2.05, 4.69) is 73.5 Å². The van der Waals surface area contributed by atoms with Crippen LogP contribution in [0.2, 0.25) is 0 Å². The minimum Gasteiger partial charge on any atom is -0.349 e. The molecule has 3 aromatic rings. The van der Waals surface area contributed by atoms with E-state index in [9.17, 15) is 0 Å². The molecule has 1 atom stereocenters. The van der Waals surface area contributed by atoms with Crippen molar-refractivity contribution in [2.45, 2.75) is 39.7 Å². The minimum absolute atomic E-state index is 0.306. The van der Waals surface area contributed by atoms with E-state index in [0.717, 1.165) is 36.6 Å². The largest absolute Gasteiger partial charge is 0.349 e. The van der Waals surface area contributed by atoms with E-state index >= 15 is 0 Å². The van der Waals surface area contributed by atoms with Crippen molar-refractivity contribution >= 4 is 17.5 Å². The summed E-state index contributed by atoms with van der Waals surface area (Å²) >= 11 is 0. The van der Waals surface area contributed by atoms with Gasteiger partial charge in [-0.1, -0.05) is 49.4 Å². The average Bonchev–Trinajstić information content (AvgIpc) is 2.70. The molecule has 1 aromatic heterocycles. The van der Waals surface area contributed by atoms with E-state index in [0.29, 0.717) is 12.0 Å². The van der Waals surface area contributed by atoms with Crippen molar-refractivity contribution in [1.29, 1.82) is 0 Å². The van der Waals surface area contributed by atoms with Crippen LogP contribution in [0.3, 0.4) is 0 Å². The van der Waals surface area contributed by atoms with E-state index in [1.54, 1.807) is 0 Å². The van der Waals surface area contributed by atoms with E-state index in [4.69, 9.17) is 9.97 Å². The van der Waals surface area contributed by atoms with Crippen LogP contribution in [-0.2, 0) is 12.8 Å². The molecule has 0 saturated heterocycles. The highest BCUT2D eigenvalue weighted by Crippen LogP contribution is 2.33. The number of rotatable bonds is 4. The molecule has 1 N–H and O–H groups in total. The number of hydrogen-bond acceptors (Lipinski definition) is 4. The Kier molecular flexibility index (Phi) is 4.80. The van der Waals surface area contributed by atoms with Crippen LogP contribution in [0.1, 0.15) is 42.3 Å². The van der Waals surface area contributed by atoms with E-state index in [1.165, 1.54) is 16.7 Å². The average molecular weight is 358 g/mol. The Morgan fingerprint density at radius 3 is 2.67 bits per heavy atom. The topological polar surface area (TPSA) is 41.1 Å². The molecule has 0 saturated carbocycles. The van der Waals surface area contributed by atoms with Crippen molar-refractivity contribution in [3.8, 4) is 0 Å². The van der Waals surface area contributed by atoms with Crippen LogP contribution in [0.5, 0.6) is 0 Å². The Hall–Kier alpha value is -2.88. The molecule has 138 valence electrons. The summed E-state index contributed by atoms with van der Waals surface area (Å²) in [7, 11) is 0. The molecule has 0 aliphatic carbocycles. The van der Waals surface area contributed by atoms with Crippen molar-refractivity contribution in [3.63, 3.8) is 0 Å². The third-order valence-electron chi connectivity index (χ3n) is 5.41. The standard InChI is InChI=1S/C23H26N4/c1-4-19-15-22(26-23(24-19)25-21-12-8-5-9-16(21)2)27-14-13-18-10-6-7-11-20(18)17(27)3/h5-12,15,17H,4,13-14H2,1-3H3,(H,24,25,26). The number of aromatic nitrogens is 2. The summed E-state index contributed by atoms with van der Waals surface area (Å²) in [5.74, 6) is 1.67. The fourth-order valence-corrected chi connectivity index (χ4v) is 3.79. The Balaban J connectivity index is 1.68. The molecule has 1 aliphatic heterocycles. The normalized spacial score (nSPS) is 16.1. The number of nitrogens with zero attached hydrogens (tertiary/aromatic N) is 3. The van der Waals surface area contributed by atoms with Crippen molar-refractivity contribution in [1.82, 2.24) is 9.97 Å². The van der Waals surface area contributed by atoms with Crippen molar-refractivity contribution in [2.75, 3.05) is 16.8 Å². The maximum atomic E-state index is 4.87. The molecule has 1 unspecified atom stereocenters. The molecule has 4 rings (SSSR count). The number of benzene rings is 2. The van der Waals surface area contributed by atoms with Crippen LogP contribution in [0.25, 0.3) is 0 Å². The van der Waals surface area contributed by atoms with Gasteiger partial charge in [-0.05, 0) is 49.4 Å². The van der Waals surface area contributed by atoms with Gasteiger partial charge in [0.15, 0.2) is 0 Å². The van der Waals surface area contributed by atoms with Crippen LogP contribution in [-0.4, -0.2) is 16.5 Å². The lowest BCUT2D eigenvalue weighted by Crippen LogP contribution is -2.34. The number of hydrogen-bond donors (Lipinski definition) is 1. The summed E-state index contributed by atoms with van der Waals surface area (Å²) in [6.45, 7) is 7.47. The molecule has 0 fully saturated rings. The zero-order valence-corrected chi connectivity index (χ0v) is 16.2. The first-order chi connectivity index (χ1) is 13.2. The van der Waals surface area contributed by atoms with Crippen LogP contribution < -0.4 is 10.2 Å². The first-order valence-electron chi connectivity index (χ1n) is 9.70. The highest BCUT2D eigenvalue weighted by Gasteiger charge is 2.25. The highest BCUT2D eigenvalue weighted by molar-refractivity contribution is 5.60. The summed E-state index contributed by atoms with van der Waals surface area (Å²) in [5.41, 5.74) is 6.14. The maximum Gasteiger partial charge on any atom is 0.229 e. The smallest absolute Gasteiger partial charge is 0.229 e. The van der Waals surface area contributed by atoms with Crippen LogP contribution in [0.4, 0.5) is 17.5 Å². The van der Waals surface area contributed by atoms with Gasteiger partial charge in [0.05, 0.1) is 6.04 Å². The molecule has 4 heteroatoms. The van der Waals surface area contributed by atoms with Crippen molar-refractivity contribution < 1.29 is 0 Å². The second-order valence-corrected chi connectivity index (χ2v) is 7.15. The molecular formula is C23H26N4. The zero-order valence-electron chi connectivity index (χ0n) is 16.2. The highest BCUT2D eigenvalue weighted by atomic mass is 15.2. The molecule has 0 bridgehead atoms. The van der Waals surface area contributed by atoms with E-state index in [-0.39, 0.29) is 0 Å². The monoisotopic (exact) mass is 358 g/mol. The second kappa shape index (κ2) is 7.39. The molecule has 2 heterocycles. The summed E-state index contributed by atoms with van der Waals surface area (Å²) in [6.07, 6.45) is 1.93. The quantitative estimate of drug-likeness (QED) is 0.695. The molecule has 0 amide bonds. The Morgan fingerprint density at radius 2 is 1.85 bits per heavy atom. The fraction of sp³-hybridized carbons (Fsp3) is 0.304. The van der Waals surface area contributed by atoms with E-state index < -0.39 is 0 Å². The van der Waals surface area contributed by atoms with Gasteiger partial charge in [-0.3, -0.25) is 0 Å². The number of nitrogens with one attached hydrogen (secondary N) is 1. The number of anilines is 3. The summed E-state index contributed by atoms with van der Waals surface area (Å²) in [6, 6.07) is 19.4. The van der Waals surface area contributed by atoms with Crippen LogP contribution >= 0.6 is 0 Å².